The highest BCUT2D eigenvalue weighted by Crippen LogP contribution is 2.36. The minimum absolute atomic E-state index is 0.0614. The lowest BCUT2D eigenvalue weighted by Gasteiger charge is -2.34. The summed E-state index contributed by atoms with van der Waals surface area (Å²) in [7, 11) is 0. The SMILES string of the molecule is CCC(CC)(CBr)NC(=O)C1CCC(F)(F)CC1. The van der Waals surface area contributed by atoms with Crippen molar-refractivity contribution in [1.29, 1.82) is 0 Å². The first-order valence-corrected chi connectivity index (χ1v) is 7.76. The number of carbonyl (C=O) groups excluding carboxylic acids is 1. The van der Waals surface area contributed by atoms with Gasteiger partial charge in [-0.25, -0.2) is 8.78 Å². The van der Waals surface area contributed by atoms with Gasteiger partial charge in [0.05, 0.1) is 0 Å². The average molecular weight is 326 g/mol. The summed E-state index contributed by atoms with van der Waals surface area (Å²) >= 11 is 3.43. The largest absolute Gasteiger partial charge is 0.350 e. The van der Waals surface area contributed by atoms with E-state index in [-0.39, 0.29) is 30.2 Å². The molecule has 0 radical (unpaired) electrons. The van der Waals surface area contributed by atoms with E-state index in [1.807, 2.05) is 13.8 Å². The van der Waals surface area contributed by atoms with Crippen LogP contribution in [0.25, 0.3) is 0 Å². The van der Waals surface area contributed by atoms with Crippen molar-refractivity contribution in [2.75, 3.05) is 5.33 Å². The summed E-state index contributed by atoms with van der Waals surface area (Å²) in [5, 5.41) is 3.74. The molecular formula is C13H22BrF2NO. The van der Waals surface area contributed by atoms with Gasteiger partial charge in [-0.2, -0.15) is 0 Å². The lowest BCUT2D eigenvalue weighted by Crippen LogP contribution is -2.51. The van der Waals surface area contributed by atoms with Gasteiger partial charge in [0.1, 0.15) is 0 Å². The summed E-state index contributed by atoms with van der Waals surface area (Å²) in [5.74, 6) is -2.88. The predicted octanol–water partition coefficient (Wildman–Crippen LogP) is 3.88. The summed E-state index contributed by atoms with van der Waals surface area (Å²) < 4.78 is 26.1. The quantitative estimate of drug-likeness (QED) is 0.763. The number of hydrogen-bond acceptors (Lipinski definition) is 1. The Labute approximate surface area is 116 Å². The zero-order valence-corrected chi connectivity index (χ0v) is 12.7. The van der Waals surface area contributed by atoms with Crippen molar-refractivity contribution in [2.45, 2.75) is 63.8 Å². The van der Waals surface area contributed by atoms with Crippen molar-refractivity contribution in [1.82, 2.24) is 5.32 Å². The van der Waals surface area contributed by atoms with Crippen molar-refractivity contribution in [3.8, 4) is 0 Å². The van der Waals surface area contributed by atoms with Crippen molar-refractivity contribution in [3.63, 3.8) is 0 Å². The highest BCUT2D eigenvalue weighted by Gasteiger charge is 2.39. The summed E-state index contributed by atoms with van der Waals surface area (Å²) in [6, 6.07) is 0. The highest BCUT2D eigenvalue weighted by atomic mass is 79.9. The topological polar surface area (TPSA) is 29.1 Å². The Balaban J connectivity index is 2.56. The second-order valence-electron chi connectivity index (χ2n) is 5.24. The number of nitrogens with one attached hydrogen (secondary N) is 1. The van der Waals surface area contributed by atoms with Gasteiger partial charge < -0.3 is 5.32 Å². The van der Waals surface area contributed by atoms with Crippen molar-refractivity contribution in [3.05, 3.63) is 0 Å². The van der Waals surface area contributed by atoms with E-state index in [1.54, 1.807) is 0 Å². The molecule has 2 nitrogen and oxygen atoms in total. The zero-order valence-electron chi connectivity index (χ0n) is 11.1. The van der Waals surface area contributed by atoms with E-state index in [0.29, 0.717) is 18.2 Å². The maximum Gasteiger partial charge on any atom is 0.248 e. The van der Waals surface area contributed by atoms with Crippen molar-refractivity contribution < 1.29 is 13.6 Å². The van der Waals surface area contributed by atoms with Crippen LogP contribution in [0.4, 0.5) is 8.78 Å². The Hall–Kier alpha value is -0.190. The molecule has 1 rings (SSSR count). The highest BCUT2D eigenvalue weighted by molar-refractivity contribution is 9.09. The first kappa shape index (κ1) is 15.9. The van der Waals surface area contributed by atoms with Crippen LogP contribution in [0.5, 0.6) is 0 Å². The van der Waals surface area contributed by atoms with Crippen molar-refractivity contribution >= 4 is 21.8 Å². The first-order valence-electron chi connectivity index (χ1n) is 6.64. The van der Waals surface area contributed by atoms with Gasteiger partial charge in [0.2, 0.25) is 11.8 Å². The molecule has 0 atom stereocenters. The summed E-state index contributed by atoms with van der Waals surface area (Å²) in [6.07, 6.45) is 1.94. The molecule has 0 aromatic heterocycles. The molecule has 1 aliphatic rings. The Morgan fingerprint density at radius 2 is 1.83 bits per heavy atom. The van der Waals surface area contributed by atoms with Crippen LogP contribution in [0.1, 0.15) is 52.4 Å². The third-order valence-corrected chi connectivity index (χ3v) is 5.16. The van der Waals surface area contributed by atoms with Crippen LogP contribution in [0.2, 0.25) is 0 Å². The summed E-state index contributed by atoms with van der Waals surface area (Å²) in [4.78, 5) is 12.1. The molecule has 1 saturated carbocycles. The van der Waals surface area contributed by atoms with Crippen LogP contribution >= 0.6 is 15.9 Å². The second kappa shape index (κ2) is 6.31. The van der Waals surface area contributed by atoms with E-state index < -0.39 is 5.92 Å². The van der Waals surface area contributed by atoms with Crippen LogP contribution in [-0.2, 0) is 4.79 Å². The molecule has 1 aliphatic carbocycles. The third kappa shape index (κ3) is 3.90. The second-order valence-corrected chi connectivity index (χ2v) is 5.80. The standard InChI is InChI=1S/C13H22BrF2NO/c1-3-12(4-2,9-14)17-11(18)10-5-7-13(15,16)8-6-10/h10H,3-9H2,1-2H3,(H,17,18). The lowest BCUT2D eigenvalue weighted by atomic mass is 9.85. The molecule has 0 unspecified atom stereocenters. The van der Waals surface area contributed by atoms with Crippen molar-refractivity contribution in [2.24, 2.45) is 5.92 Å². The number of halogens is 3. The maximum absolute atomic E-state index is 13.0. The van der Waals surface area contributed by atoms with Gasteiger partial charge in [-0.3, -0.25) is 4.79 Å². The van der Waals surface area contributed by atoms with Gasteiger partial charge >= 0.3 is 0 Å². The molecule has 5 heteroatoms. The summed E-state index contributed by atoms with van der Waals surface area (Å²) in [5.41, 5.74) is -0.239. The average Bonchev–Trinajstić information content (AvgIpc) is 2.36. The van der Waals surface area contributed by atoms with E-state index in [4.69, 9.17) is 0 Å². The maximum atomic E-state index is 13.0. The van der Waals surface area contributed by atoms with Crippen LogP contribution < -0.4 is 5.32 Å². The van der Waals surface area contributed by atoms with Gasteiger partial charge in [-0.05, 0) is 25.7 Å². The number of alkyl halides is 3. The monoisotopic (exact) mass is 325 g/mol. The van der Waals surface area contributed by atoms with Gasteiger partial charge in [0.25, 0.3) is 0 Å². The van der Waals surface area contributed by atoms with Crippen LogP contribution in [0, 0.1) is 5.92 Å². The molecule has 1 N–H and O–H groups in total. The minimum atomic E-state index is -2.57. The lowest BCUT2D eigenvalue weighted by molar-refractivity contribution is -0.131. The fourth-order valence-corrected chi connectivity index (χ4v) is 3.25. The molecule has 0 saturated heterocycles. The number of carbonyl (C=O) groups is 1. The first-order chi connectivity index (χ1) is 8.38. The van der Waals surface area contributed by atoms with Crippen LogP contribution in [0.15, 0.2) is 0 Å². The fourth-order valence-electron chi connectivity index (χ4n) is 2.31. The number of amides is 1. The molecule has 1 fully saturated rings. The summed E-state index contributed by atoms with van der Waals surface area (Å²) in [6.45, 7) is 4.06. The number of hydrogen-bond donors (Lipinski definition) is 1. The van der Waals surface area contributed by atoms with E-state index >= 15 is 0 Å². The zero-order chi connectivity index (χ0) is 13.8. The van der Waals surface area contributed by atoms with E-state index in [9.17, 15) is 13.6 Å². The molecule has 0 heterocycles. The Morgan fingerprint density at radius 1 is 1.33 bits per heavy atom. The predicted molar refractivity (Wildman–Crippen MR) is 72.2 cm³/mol. The molecule has 1 amide bonds. The molecule has 18 heavy (non-hydrogen) atoms. The molecule has 0 aliphatic heterocycles. The normalized spacial score (nSPS) is 20.7. The van der Waals surface area contributed by atoms with Gasteiger partial charge in [0, 0.05) is 29.6 Å². The smallest absolute Gasteiger partial charge is 0.248 e. The van der Waals surface area contributed by atoms with Gasteiger partial charge in [-0.1, -0.05) is 29.8 Å². The van der Waals surface area contributed by atoms with E-state index in [2.05, 4.69) is 21.2 Å². The molecule has 0 aromatic carbocycles. The Kier molecular flexibility index (Phi) is 5.56. The van der Waals surface area contributed by atoms with Gasteiger partial charge in [0.15, 0.2) is 0 Å². The van der Waals surface area contributed by atoms with Gasteiger partial charge in [-0.15, -0.1) is 0 Å². The molecule has 0 aromatic rings. The van der Waals surface area contributed by atoms with Crippen LogP contribution in [-0.4, -0.2) is 22.7 Å². The Bertz CT molecular complexity index is 274. The fraction of sp³-hybridized carbons (Fsp3) is 0.923. The van der Waals surface area contributed by atoms with E-state index in [1.165, 1.54) is 0 Å². The third-order valence-electron chi connectivity index (χ3n) is 4.09. The number of rotatable bonds is 5. The minimum Gasteiger partial charge on any atom is -0.350 e. The Morgan fingerprint density at radius 3 is 2.22 bits per heavy atom. The van der Waals surface area contributed by atoms with E-state index in [0.717, 1.165) is 12.8 Å². The van der Waals surface area contributed by atoms with Crippen LogP contribution in [0.3, 0.4) is 0 Å². The molecule has 106 valence electrons. The molecule has 0 spiro atoms. The molecule has 0 bridgehead atoms. The molecular weight excluding hydrogens is 304 g/mol.